The molecule has 19 heavy (non-hydrogen) atoms. The zero-order valence-corrected chi connectivity index (χ0v) is 11.5. The summed E-state index contributed by atoms with van der Waals surface area (Å²) < 4.78 is 16.5. The number of hydrogen-bond donors (Lipinski definition) is 0. The lowest BCUT2D eigenvalue weighted by atomic mass is 9.94. The predicted molar refractivity (Wildman–Crippen MR) is 65.8 cm³/mol. The van der Waals surface area contributed by atoms with E-state index < -0.39 is 5.76 Å². The second-order valence-electron chi connectivity index (χ2n) is 5.22. The summed E-state index contributed by atoms with van der Waals surface area (Å²) in [7, 11) is 1.50. The summed E-state index contributed by atoms with van der Waals surface area (Å²) in [4.78, 5) is 15.7. The fourth-order valence-corrected chi connectivity index (χ4v) is 1.49. The van der Waals surface area contributed by atoms with Crippen molar-refractivity contribution in [2.75, 3.05) is 7.11 Å². The zero-order valence-electron chi connectivity index (χ0n) is 11.5. The molecule has 0 aromatic carbocycles. The first-order chi connectivity index (χ1) is 8.90. The topological polar surface area (TPSA) is 83.3 Å². The van der Waals surface area contributed by atoms with Gasteiger partial charge in [-0.05, 0) is 0 Å². The van der Waals surface area contributed by atoms with E-state index in [2.05, 4.69) is 10.1 Å². The lowest BCUT2D eigenvalue weighted by molar-refractivity contribution is 0.158. The largest absolute Gasteiger partial charge is 0.443 e. The third-order valence-corrected chi connectivity index (χ3v) is 2.49. The van der Waals surface area contributed by atoms with Crippen LogP contribution in [0.5, 0.6) is 0 Å². The molecular formula is C12H17N3O4. The van der Waals surface area contributed by atoms with E-state index in [-0.39, 0.29) is 24.5 Å². The van der Waals surface area contributed by atoms with Crippen LogP contribution in [0.1, 0.15) is 38.3 Å². The predicted octanol–water partition coefficient (Wildman–Crippen LogP) is 1.32. The summed E-state index contributed by atoms with van der Waals surface area (Å²) >= 11 is 0. The Balaban J connectivity index is 2.17. The van der Waals surface area contributed by atoms with Crippen LogP contribution in [0.15, 0.2) is 19.8 Å². The smallest absolute Gasteiger partial charge is 0.437 e. The minimum absolute atomic E-state index is 0.124. The van der Waals surface area contributed by atoms with Gasteiger partial charge in [-0.3, -0.25) is 0 Å². The Labute approximate surface area is 110 Å². The highest BCUT2D eigenvalue weighted by atomic mass is 16.5. The summed E-state index contributed by atoms with van der Waals surface area (Å²) in [6.07, 6.45) is 1.66. The fourth-order valence-electron chi connectivity index (χ4n) is 1.49. The maximum Gasteiger partial charge on any atom is 0.437 e. The molecule has 7 nitrogen and oxygen atoms in total. The normalized spacial score (nSPS) is 12.0. The molecule has 7 heteroatoms. The standard InChI is InChI=1S/C12H17N3O4/c1-12(2,3)8-5-13-9(18-8)6-15-11(16)19-10(14-15)7-17-4/h5H,6-7H2,1-4H3. The molecule has 2 aromatic heterocycles. The van der Waals surface area contributed by atoms with Crippen molar-refractivity contribution >= 4 is 0 Å². The van der Waals surface area contributed by atoms with Crippen LogP contribution in [0.25, 0.3) is 0 Å². The van der Waals surface area contributed by atoms with Gasteiger partial charge in [-0.25, -0.2) is 9.78 Å². The Kier molecular flexibility index (Phi) is 3.57. The first-order valence-corrected chi connectivity index (χ1v) is 5.91. The molecule has 0 unspecified atom stereocenters. The van der Waals surface area contributed by atoms with Crippen LogP contribution in [0.3, 0.4) is 0 Å². The quantitative estimate of drug-likeness (QED) is 0.830. The van der Waals surface area contributed by atoms with Gasteiger partial charge in [0.2, 0.25) is 11.8 Å². The molecule has 0 N–H and O–H groups in total. The van der Waals surface area contributed by atoms with E-state index in [1.54, 1.807) is 6.20 Å². The third-order valence-electron chi connectivity index (χ3n) is 2.49. The van der Waals surface area contributed by atoms with Crippen molar-refractivity contribution in [3.8, 4) is 0 Å². The molecule has 0 aliphatic heterocycles. The monoisotopic (exact) mass is 267 g/mol. The highest BCUT2D eigenvalue weighted by molar-refractivity contribution is 5.06. The highest BCUT2D eigenvalue weighted by Gasteiger charge is 2.20. The van der Waals surface area contributed by atoms with Crippen LogP contribution in [0.2, 0.25) is 0 Å². The summed E-state index contributed by atoms with van der Waals surface area (Å²) in [6.45, 7) is 6.37. The van der Waals surface area contributed by atoms with Gasteiger partial charge < -0.3 is 13.6 Å². The first-order valence-electron chi connectivity index (χ1n) is 5.91. The van der Waals surface area contributed by atoms with Crippen LogP contribution in [-0.4, -0.2) is 21.9 Å². The van der Waals surface area contributed by atoms with Crippen molar-refractivity contribution in [3.63, 3.8) is 0 Å². The second kappa shape index (κ2) is 5.00. The Bertz CT molecular complexity index is 603. The van der Waals surface area contributed by atoms with Crippen LogP contribution < -0.4 is 5.76 Å². The average molecular weight is 267 g/mol. The fraction of sp³-hybridized carbons (Fsp3) is 0.583. The molecule has 0 spiro atoms. The molecule has 2 rings (SSSR count). The Hall–Kier alpha value is -1.89. The summed E-state index contributed by atoms with van der Waals surface area (Å²) in [5, 5.41) is 3.98. The third kappa shape index (κ3) is 3.11. The van der Waals surface area contributed by atoms with Crippen LogP contribution >= 0.6 is 0 Å². The molecular weight excluding hydrogens is 250 g/mol. The van der Waals surface area contributed by atoms with Crippen molar-refractivity contribution < 1.29 is 13.6 Å². The number of nitrogens with zero attached hydrogens (tertiary/aromatic N) is 3. The number of oxazole rings is 1. The van der Waals surface area contributed by atoms with Crippen molar-refractivity contribution in [2.45, 2.75) is 39.3 Å². The van der Waals surface area contributed by atoms with E-state index in [0.717, 1.165) is 10.4 Å². The Morgan fingerprint density at radius 3 is 2.63 bits per heavy atom. The van der Waals surface area contributed by atoms with Crippen LogP contribution in [0, 0.1) is 0 Å². The van der Waals surface area contributed by atoms with E-state index in [4.69, 9.17) is 13.6 Å². The molecule has 0 amide bonds. The van der Waals surface area contributed by atoms with Crippen LogP contribution in [0.4, 0.5) is 0 Å². The van der Waals surface area contributed by atoms with Gasteiger partial charge in [-0.2, -0.15) is 4.68 Å². The van der Waals surface area contributed by atoms with Crippen molar-refractivity contribution in [3.05, 3.63) is 34.3 Å². The van der Waals surface area contributed by atoms with Crippen molar-refractivity contribution in [1.29, 1.82) is 0 Å². The molecule has 2 aromatic rings. The van der Waals surface area contributed by atoms with Crippen molar-refractivity contribution in [1.82, 2.24) is 14.8 Å². The zero-order chi connectivity index (χ0) is 14.0. The SMILES string of the molecule is COCc1nn(Cc2ncc(C(C)(C)C)o2)c(=O)o1. The molecule has 2 heterocycles. The lowest BCUT2D eigenvalue weighted by Gasteiger charge is -2.12. The molecule has 0 saturated heterocycles. The number of ether oxygens (including phenoxy) is 1. The van der Waals surface area contributed by atoms with Gasteiger partial charge in [0.1, 0.15) is 18.9 Å². The molecule has 104 valence electrons. The minimum Gasteiger partial charge on any atom is -0.443 e. The van der Waals surface area contributed by atoms with Gasteiger partial charge in [0.05, 0.1) is 6.20 Å². The van der Waals surface area contributed by atoms with E-state index in [1.165, 1.54) is 7.11 Å². The van der Waals surface area contributed by atoms with E-state index in [0.29, 0.717) is 5.89 Å². The second-order valence-corrected chi connectivity index (χ2v) is 5.22. The Morgan fingerprint density at radius 2 is 2.05 bits per heavy atom. The van der Waals surface area contributed by atoms with Gasteiger partial charge in [0.25, 0.3) is 0 Å². The van der Waals surface area contributed by atoms with Gasteiger partial charge in [0.15, 0.2) is 0 Å². The first kappa shape index (κ1) is 13.5. The van der Waals surface area contributed by atoms with Crippen molar-refractivity contribution in [2.24, 2.45) is 0 Å². The lowest BCUT2D eigenvalue weighted by Crippen LogP contribution is -2.16. The maximum atomic E-state index is 11.5. The number of aromatic nitrogens is 3. The minimum atomic E-state index is -0.553. The maximum absolute atomic E-state index is 11.5. The highest BCUT2D eigenvalue weighted by Crippen LogP contribution is 2.22. The molecule has 0 aliphatic carbocycles. The van der Waals surface area contributed by atoms with E-state index >= 15 is 0 Å². The summed E-state index contributed by atoms with van der Waals surface area (Å²) in [5.74, 6) is 0.859. The summed E-state index contributed by atoms with van der Waals surface area (Å²) in [6, 6.07) is 0. The van der Waals surface area contributed by atoms with Gasteiger partial charge >= 0.3 is 5.76 Å². The number of rotatable bonds is 4. The Morgan fingerprint density at radius 1 is 1.32 bits per heavy atom. The van der Waals surface area contributed by atoms with Gasteiger partial charge in [-0.1, -0.05) is 20.8 Å². The molecule has 0 fully saturated rings. The average Bonchev–Trinajstić information content (AvgIpc) is 2.87. The van der Waals surface area contributed by atoms with E-state index in [9.17, 15) is 4.79 Å². The van der Waals surface area contributed by atoms with Crippen LogP contribution in [-0.2, 0) is 23.3 Å². The van der Waals surface area contributed by atoms with E-state index in [1.807, 2.05) is 20.8 Å². The number of methoxy groups -OCH3 is 1. The molecule has 0 atom stereocenters. The van der Waals surface area contributed by atoms with Gasteiger partial charge in [-0.15, -0.1) is 5.10 Å². The molecule has 0 radical (unpaired) electrons. The molecule has 0 saturated carbocycles. The summed E-state index contributed by atoms with van der Waals surface area (Å²) in [5.41, 5.74) is -0.124. The number of hydrogen-bond acceptors (Lipinski definition) is 6. The van der Waals surface area contributed by atoms with Gasteiger partial charge in [0, 0.05) is 12.5 Å². The molecule has 0 aliphatic rings. The molecule has 0 bridgehead atoms.